The molecule has 20 heavy (non-hydrogen) atoms. The van der Waals surface area contributed by atoms with Gasteiger partial charge in [0.2, 0.25) is 9.05 Å². The number of para-hydroxylation sites is 1. The summed E-state index contributed by atoms with van der Waals surface area (Å²) in [5.74, 6) is 0.121. The van der Waals surface area contributed by atoms with Crippen molar-refractivity contribution < 1.29 is 21.0 Å². The fourth-order valence-electron chi connectivity index (χ4n) is 1.71. The summed E-state index contributed by atoms with van der Waals surface area (Å²) >= 11 is 0. The summed E-state index contributed by atoms with van der Waals surface area (Å²) in [6.45, 7) is 0.942. The summed E-state index contributed by atoms with van der Waals surface area (Å²) in [6, 6.07) is 7.87. The van der Waals surface area contributed by atoms with Crippen LogP contribution in [-0.2, 0) is 23.4 Å². The third-order valence-corrected chi connectivity index (χ3v) is 2.99. The van der Waals surface area contributed by atoms with Gasteiger partial charge >= 0.3 is 0 Å². The van der Waals surface area contributed by atoms with Crippen molar-refractivity contribution in [1.29, 1.82) is 0 Å². The summed E-state index contributed by atoms with van der Waals surface area (Å²) in [7, 11) is -2.03. The molecule has 1 aromatic carbocycles. The van der Waals surface area contributed by atoms with Crippen molar-refractivity contribution in [2.75, 3.05) is 31.0 Å². The number of hydrogen-bond donors (Lipinski definition) is 1. The Morgan fingerprint density at radius 1 is 1.25 bits per heavy atom. The van der Waals surface area contributed by atoms with Gasteiger partial charge < -0.3 is 5.32 Å². The topological polar surface area (TPSA) is 89.5 Å². The first-order valence-corrected chi connectivity index (χ1v) is 10.2. The maximum Gasteiger partial charge on any atom is 0.264 e. The minimum Gasteiger partial charge on any atom is -0.384 e. The summed E-state index contributed by atoms with van der Waals surface area (Å²) in [4.78, 5) is 0. The molecule has 1 aromatic rings. The van der Waals surface area contributed by atoms with Crippen LogP contribution >= 0.6 is 10.7 Å². The predicted molar refractivity (Wildman–Crippen MR) is 79.2 cm³/mol. The molecular weight excluding hydrogens is 326 g/mol. The third kappa shape index (κ3) is 7.09. The van der Waals surface area contributed by atoms with Crippen LogP contribution in [0.25, 0.3) is 0 Å². The van der Waals surface area contributed by atoms with Gasteiger partial charge in [0.15, 0.2) is 0 Å². The molecule has 0 saturated heterocycles. The lowest BCUT2D eigenvalue weighted by atomic mass is 10.0. The van der Waals surface area contributed by atoms with E-state index in [-0.39, 0.29) is 12.5 Å². The molecule has 1 aliphatic rings. The molecule has 0 radical (unpaired) electrons. The molecule has 114 valence electrons. The predicted octanol–water partition coefficient (Wildman–Crippen LogP) is 1.36. The minimum atomic E-state index is -3.34. The van der Waals surface area contributed by atoms with Gasteiger partial charge in [-0.2, -0.15) is 8.42 Å². The van der Waals surface area contributed by atoms with E-state index in [4.69, 9.17) is 4.18 Å². The molecule has 1 aliphatic heterocycles. The van der Waals surface area contributed by atoms with Gasteiger partial charge in [-0.3, -0.25) is 4.18 Å². The molecule has 1 unspecified atom stereocenters. The quantitative estimate of drug-likeness (QED) is 0.659. The molecule has 6 nitrogen and oxygen atoms in total. The first-order chi connectivity index (χ1) is 9.06. The van der Waals surface area contributed by atoms with Crippen molar-refractivity contribution in [1.82, 2.24) is 0 Å². The molecule has 0 bridgehead atoms. The second-order valence-electron chi connectivity index (χ2n) is 4.34. The van der Waals surface area contributed by atoms with Crippen LogP contribution in [0.4, 0.5) is 5.69 Å². The number of fused-ring (bicyclic) bond motifs is 1. The molecule has 1 heterocycles. The summed E-state index contributed by atoms with van der Waals surface area (Å²) in [5.41, 5.74) is 2.20. The smallest absolute Gasteiger partial charge is 0.264 e. The number of nitrogens with one attached hydrogen (secondary N) is 1. The van der Waals surface area contributed by atoms with Crippen LogP contribution in [0.3, 0.4) is 0 Å². The highest BCUT2D eigenvalue weighted by Gasteiger charge is 2.22. The lowest BCUT2D eigenvalue weighted by Gasteiger charge is -2.08. The van der Waals surface area contributed by atoms with Crippen molar-refractivity contribution in [3.63, 3.8) is 0 Å². The molecular formula is C11H16ClNO5S2. The van der Waals surface area contributed by atoms with E-state index >= 15 is 0 Å². The Morgan fingerprint density at radius 3 is 2.35 bits per heavy atom. The van der Waals surface area contributed by atoms with Crippen LogP contribution in [-0.4, -0.2) is 42.5 Å². The van der Waals surface area contributed by atoms with E-state index < -0.39 is 19.2 Å². The van der Waals surface area contributed by atoms with Crippen LogP contribution in [0.15, 0.2) is 24.3 Å². The summed E-state index contributed by atoms with van der Waals surface area (Å²) in [5, 5.41) is 3.21. The molecule has 0 saturated carbocycles. The Labute approximate surface area is 123 Å². The van der Waals surface area contributed by atoms with Crippen molar-refractivity contribution >= 4 is 35.5 Å². The number of hydrogen-bond acceptors (Lipinski definition) is 6. The maximum atomic E-state index is 10.9. The highest BCUT2D eigenvalue weighted by atomic mass is 35.7. The van der Waals surface area contributed by atoms with Gasteiger partial charge in [-0.25, -0.2) is 8.42 Å². The van der Waals surface area contributed by atoms with Gasteiger partial charge in [0, 0.05) is 28.8 Å². The van der Waals surface area contributed by atoms with Gasteiger partial charge in [-0.05, 0) is 11.6 Å². The molecule has 9 heteroatoms. The highest BCUT2D eigenvalue weighted by molar-refractivity contribution is 8.13. The molecule has 0 aliphatic carbocycles. The first-order valence-electron chi connectivity index (χ1n) is 5.63. The number of anilines is 1. The van der Waals surface area contributed by atoms with E-state index in [1.165, 1.54) is 0 Å². The zero-order chi connectivity index (χ0) is 15.4. The average Bonchev–Trinajstić information content (AvgIpc) is 2.66. The van der Waals surface area contributed by atoms with Gasteiger partial charge in [0.1, 0.15) is 0 Å². The van der Waals surface area contributed by atoms with Gasteiger partial charge in [-0.1, -0.05) is 18.2 Å². The second-order valence-corrected chi connectivity index (χ2v) is 9.02. The molecule has 1 atom stereocenters. The van der Waals surface area contributed by atoms with Crippen LogP contribution in [0.1, 0.15) is 11.5 Å². The van der Waals surface area contributed by atoms with Crippen molar-refractivity contribution in [3.05, 3.63) is 29.8 Å². The van der Waals surface area contributed by atoms with Gasteiger partial charge in [0.25, 0.3) is 10.1 Å². The fraction of sp³-hybridized carbons (Fsp3) is 0.455. The zero-order valence-corrected chi connectivity index (χ0v) is 13.4. The monoisotopic (exact) mass is 341 g/mol. The van der Waals surface area contributed by atoms with E-state index in [1.807, 2.05) is 24.3 Å². The number of rotatable bonds is 3. The molecule has 2 rings (SSSR count). The largest absolute Gasteiger partial charge is 0.384 e. The Bertz CT molecular complexity index is 649. The number of halogens is 1. The standard InChI is InChI=1S/C10H13NO3S.CH3ClO2S/c1-15(12,13)14-7-8-6-11-10-5-3-2-4-9(8)10;1-5(2,3)4/h2-5,8,11H,6-7H2,1H3;1H3. The molecule has 0 spiro atoms. The lowest BCUT2D eigenvalue weighted by molar-refractivity contribution is 0.301. The average molecular weight is 342 g/mol. The third-order valence-electron chi connectivity index (χ3n) is 2.42. The molecule has 0 aromatic heterocycles. The second kappa shape index (κ2) is 6.75. The van der Waals surface area contributed by atoms with E-state index in [9.17, 15) is 16.8 Å². The number of benzene rings is 1. The van der Waals surface area contributed by atoms with Crippen LogP contribution < -0.4 is 5.32 Å². The van der Waals surface area contributed by atoms with Crippen LogP contribution in [0.2, 0.25) is 0 Å². The SMILES string of the molecule is CS(=O)(=O)Cl.CS(=O)(=O)OCC1CNc2ccccc21. The lowest BCUT2D eigenvalue weighted by Crippen LogP contribution is -2.13. The zero-order valence-electron chi connectivity index (χ0n) is 11.0. The normalized spacial score (nSPS) is 17.6. The Morgan fingerprint density at radius 2 is 1.80 bits per heavy atom. The Kier molecular flexibility index (Phi) is 5.81. The van der Waals surface area contributed by atoms with Gasteiger partial charge in [-0.15, -0.1) is 0 Å². The molecule has 0 fully saturated rings. The molecule has 1 N–H and O–H groups in total. The van der Waals surface area contributed by atoms with E-state index in [1.54, 1.807) is 0 Å². The molecule has 0 amide bonds. The van der Waals surface area contributed by atoms with E-state index in [0.29, 0.717) is 0 Å². The van der Waals surface area contributed by atoms with Crippen molar-refractivity contribution in [2.45, 2.75) is 5.92 Å². The maximum absolute atomic E-state index is 10.9. The Hall–Kier alpha value is -0.830. The Balaban J connectivity index is 0.000000347. The van der Waals surface area contributed by atoms with Crippen molar-refractivity contribution in [2.24, 2.45) is 0 Å². The van der Waals surface area contributed by atoms with Crippen LogP contribution in [0, 0.1) is 0 Å². The van der Waals surface area contributed by atoms with Crippen LogP contribution in [0.5, 0.6) is 0 Å². The van der Waals surface area contributed by atoms with Gasteiger partial charge in [0.05, 0.1) is 19.1 Å². The summed E-state index contributed by atoms with van der Waals surface area (Å²) in [6.07, 6.45) is 2.00. The van der Waals surface area contributed by atoms with E-state index in [0.717, 1.165) is 30.3 Å². The highest BCUT2D eigenvalue weighted by Crippen LogP contribution is 2.31. The van der Waals surface area contributed by atoms with E-state index in [2.05, 4.69) is 16.0 Å². The minimum absolute atomic E-state index is 0.121. The summed E-state index contributed by atoms with van der Waals surface area (Å²) < 4.78 is 45.3. The van der Waals surface area contributed by atoms with Crippen molar-refractivity contribution in [3.8, 4) is 0 Å². The first kappa shape index (κ1) is 17.2. The fourth-order valence-corrected chi connectivity index (χ4v) is 2.12.